The van der Waals surface area contributed by atoms with Crippen LogP contribution >= 0.6 is 0 Å². The molecule has 3 amide bonds. The predicted molar refractivity (Wildman–Crippen MR) is 118 cm³/mol. The van der Waals surface area contributed by atoms with Gasteiger partial charge in [-0.05, 0) is 54.6 Å². The van der Waals surface area contributed by atoms with E-state index >= 15 is 0 Å². The summed E-state index contributed by atoms with van der Waals surface area (Å²) in [4.78, 5) is 47.5. The number of anilines is 1. The standard InChI is InChI=1S/C24H12F3N3O6/c25-24(26,27)19-17(22(33)30(29-19)13-4-1-11(2-5-13)23(34)35)10-14-6-8-18(36-14)12-3-7-15-16(9-12)21(32)28-20(15)31/h1-10H,(H,34,35)(H,28,31,32)/b17-10+. The third-order valence-corrected chi connectivity index (χ3v) is 5.44. The fourth-order valence-electron chi connectivity index (χ4n) is 3.72. The topological polar surface area (TPSA) is 129 Å². The van der Waals surface area contributed by atoms with Crippen molar-refractivity contribution in [1.29, 1.82) is 0 Å². The number of hydrogen-bond donors (Lipinski definition) is 2. The number of amides is 3. The van der Waals surface area contributed by atoms with Crippen molar-refractivity contribution in [3.63, 3.8) is 0 Å². The highest BCUT2D eigenvalue weighted by atomic mass is 19.4. The van der Waals surface area contributed by atoms with E-state index in [9.17, 15) is 32.3 Å². The molecule has 9 nitrogen and oxygen atoms in total. The maximum absolute atomic E-state index is 13.7. The number of halogens is 3. The molecule has 36 heavy (non-hydrogen) atoms. The molecule has 0 fully saturated rings. The quantitative estimate of drug-likeness (QED) is 0.418. The number of carbonyl (C=O) groups is 4. The number of carboxylic acids is 1. The van der Waals surface area contributed by atoms with Gasteiger partial charge in [-0.1, -0.05) is 6.07 Å². The van der Waals surface area contributed by atoms with Crippen LogP contribution in [-0.2, 0) is 4.79 Å². The van der Waals surface area contributed by atoms with Crippen LogP contribution in [0.5, 0.6) is 0 Å². The molecule has 2 aliphatic rings. The molecule has 5 rings (SSSR count). The smallest absolute Gasteiger partial charge is 0.435 e. The largest absolute Gasteiger partial charge is 0.478 e. The number of imide groups is 1. The van der Waals surface area contributed by atoms with Gasteiger partial charge in [0.1, 0.15) is 11.5 Å². The van der Waals surface area contributed by atoms with E-state index in [1.54, 1.807) is 0 Å². The summed E-state index contributed by atoms with van der Waals surface area (Å²) in [5.41, 5.74) is -1.66. The molecule has 0 atom stereocenters. The molecule has 0 aliphatic carbocycles. The van der Waals surface area contributed by atoms with Crippen LogP contribution in [0.25, 0.3) is 17.4 Å². The lowest BCUT2D eigenvalue weighted by atomic mass is 10.0. The van der Waals surface area contributed by atoms with Crippen molar-refractivity contribution in [1.82, 2.24) is 5.32 Å². The average molecular weight is 495 g/mol. The second-order valence-corrected chi connectivity index (χ2v) is 7.72. The van der Waals surface area contributed by atoms with Gasteiger partial charge < -0.3 is 9.52 Å². The Balaban J connectivity index is 1.48. The molecule has 2 aromatic carbocycles. The number of hydrazone groups is 1. The van der Waals surface area contributed by atoms with Gasteiger partial charge >= 0.3 is 12.1 Å². The van der Waals surface area contributed by atoms with Gasteiger partial charge in [0.25, 0.3) is 17.7 Å². The normalized spacial score (nSPS) is 16.4. The van der Waals surface area contributed by atoms with Crippen LogP contribution in [0, 0.1) is 0 Å². The molecule has 12 heteroatoms. The minimum atomic E-state index is -4.97. The second-order valence-electron chi connectivity index (χ2n) is 7.72. The van der Waals surface area contributed by atoms with Crippen LogP contribution in [0.3, 0.4) is 0 Å². The zero-order chi connectivity index (χ0) is 25.8. The molecule has 180 valence electrons. The molecule has 0 radical (unpaired) electrons. The van der Waals surface area contributed by atoms with Crippen molar-refractivity contribution < 1.29 is 41.9 Å². The monoisotopic (exact) mass is 495 g/mol. The number of carboxylic acid groups (broad SMARTS) is 1. The Bertz CT molecular complexity index is 1530. The van der Waals surface area contributed by atoms with Crippen molar-refractivity contribution in [2.45, 2.75) is 6.18 Å². The van der Waals surface area contributed by atoms with Crippen LogP contribution in [0.1, 0.15) is 36.8 Å². The van der Waals surface area contributed by atoms with E-state index in [4.69, 9.17) is 9.52 Å². The van der Waals surface area contributed by atoms with Crippen LogP contribution in [0.4, 0.5) is 18.9 Å². The highest BCUT2D eigenvalue weighted by Crippen LogP contribution is 2.34. The number of furan rings is 1. The summed E-state index contributed by atoms with van der Waals surface area (Å²) < 4.78 is 46.7. The van der Waals surface area contributed by atoms with Gasteiger partial charge in [-0.3, -0.25) is 19.7 Å². The van der Waals surface area contributed by atoms with Gasteiger partial charge in [0.05, 0.1) is 28.0 Å². The SMILES string of the molecule is O=C(O)c1ccc(N2N=C(C(F)(F)F)/C(=C\c3ccc(-c4ccc5c(c4)C(=O)NC5=O)o3)C2=O)cc1. The Hall–Kier alpha value is -5.00. The Morgan fingerprint density at radius 2 is 1.67 bits per heavy atom. The molecule has 2 N–H and O–H groups in total. The fraction of sp³-hybridized carbons (Fsp3) is 0.0417. The van der Waals surface area contributed by atoms with Crippen molar-refractivity contribution in [2.24, 2.45) is 5.10 Å². The number of benzene rings is 2. The lowest BCUT2D eigenvalue weighted by molar-refractivity contribution is -0.114. The first-order chi connectivity index (χ1) is 17.0. The van der Waals surface area contributed by atoms with E-state index in [1.165, 1.54) is 42.5 Å². The first-order valence-corrected chi connectivity index (χ1v) is 10.2. The Morgan fingerprint density at radius 3 is 2.33 bits per heavy atom. The van der Waals surface area contributed by atoms with Crippen LogP contribution in [-0.4, -0.2) is 40.7 Å². The first kappa shape index (κ1) is 22.8. The fourth-order valence-corrected chi connectivity index (χ4v) is 3.72. The van der Waals surface area contributed by atoms with Gasteiger partial charge in [0.15, 0.2) is 5.71 Å². The number of aromatic carboxylic acids is 1. The summed E-state index contributed by atoms with van der Waals surface area (Å²) >= 11 is 0. The zero-order valence-corrected chi connectivity index (χ0v) is 17.8. The van der Waals surface area contributed by atoms with Crippen molar-refractivity contribution in [3.8, 4) is 11.3 Å². The van der Waals surface area contributed by atoms with Crippen LogP contribution in [0.15, 0.2) is 69.7 Å². The van der Waals surface area contributed by atoms with Gasteiger partial charge in [-0.25, -0.2) is 4.79 Å². The van der Waals surface area contributed by atoms with E-state index in [0.717, 1.165) is 18.2 Å². The minimum absolute atomic E-state index is 0.0544. The molecule has 3 aromatic rings. The third kappa shape index (κ3) is 3.83. The maximum atomic E-state index is 13.7. The number of rotatable bonds is 4. The van der Waals surface area contributed by atoms with Gasteiger partial charge in [0, 0.05) is 5.56 Å². The number of nitrogens with one attached hydrogen (secondary N) is 1. The summed E-state index contributed by atoms with van der Waals surface area (Å²) in [6.07, 6.45) is -4.07. The first-order valence-electron chi connectivity index (χ1n) is 10.2. The molecule has 1 aromatic heterocycles. The van der Waals surface area contributed by atoms with E-state index in [0.29, 0.717) is 10.6 Å². The highest BCUT2D eigenvalue weighted by molar-refractivity contribution is 6.34. The van der Waals surface area contributed by atoms with E-state index in [1.807, 2.05) is 0 Å². The molecular weight excluding hydrogens is 483 g/mol. The van der Waals surface area contributed by atoms with E-state index in [2.05, 4.69) is 10.4 Å². The number of alkyl halides is 3. The third-order valence-electron chi connectivity index (χ3n) is 5.44. The summed E-state index contributed by atoms with van der Waals surface area (Å²) in [7, 11) is 0. The molecular formula is C24H12F3N3O6. The summed E-state index contributed by atoms with van der Waals surface area (Å²) in [5, 5.41) is 15.1. The molecule has 0 saturated carbocycles. The highest BCUT2D eigenvalue weighted by Gasteiger charge is 2.47. The summed E-state index contributed by atoms with van der Waals surface area (Å²) in [6, 6.07) is 11.7. The van der Waals surface area contributed by atoms with Crippen LogP contribution < -0.4 is 10.3 Å². The Kier molecular flexibility index (Phi) is 5.09. The van der Waals surface area contributed by atoms with E-state index < -0.39 is 41.2 Å². The van der Waals surface area contributed by atoms with Gasteiger partial charge in [-0.2, -0.15) is 23.3 Å². The Morgan fingerprint density at radius 1 is 0.972 bits per heavy atom. The molecule has 0 bridgehead atoms. The van der Waals surface area contributed by atoms with Gasteiger partial charge in [-0.15, -0.1) is 0 Å². The average Bonchev–Trinajstić information content (AvgIpc) is 3.51. The van der Waals surface area contributed by atoms with Crippen molar-refractivity contribution in [3.05, 3.63) is 82.6 Å². The molecule has 0 unspecified atom stereocenters. The zero-order valence-electron chi connectivity index (χ0n) is 17.8. The predicted octanol–water partition coefficient (Wildman–Crippen LogP) is 3.88. The lowest BCUT2D eigenvalue weighted by Gasteiger charge is -2.11. The van der Waals surface area contributed by atoms with Crippen LogP contribution in [0.2, 0.25) is 0 Å². The van der Waals surface area contributed by atoms with Crippen molar-refractivity contribution >= 4 is 41.2 Å². The van der Waals surface area contributed by atoms with Gasteiger partial charge in [0.2, 0.25) is 0 Å². The second kappa shape index (κ2) is 8.05. The summed E-state index contributed by atoms with van der Waals surface area (Å²) in [5.74, 6) is -3.34. The molecule has 3 heterocycles. The lowest BCUT2D eigenvalue weighted by Crippen LogP contribution is -2.25. The minimum Gasteiger partial charge on any atom is -0.478 e. The number of nitrogens with zero attached hydrogens (tertiary/aromatic N) is 2. The number of hydrogen-bond acceptors (Lipinski definition) is 6. The molecule has 0 spiro atoms. The number of fused-ring (bicyclic) bond motifs is 1. The molecule has 2 aliphatic heterocycles. The maximum Gasteiger partial charge on any atom is 0.435 e. The van der Waals surface area contributed by atoms with Crippen molar-refractivity contribution in [2.75, 3.05) is 5.01 Å². The van der Waals surface area contributed by atoms with E-state index in [-0.39, 0.29) is 33.9 Å². The molecule has 0 saturated heterocycles. The Labute approximate surface area is 199 Å². The number of carbonyl (C=O) groups excluding carboxylic acids is 3. The summed E-state index contributed by atoms with van der Waals surface area (Å²) in [6.45, 7) is 0.